The Morgan fingerprint density at radius 2 is 1.72 bits per heavy atom. The predicted octanol–water partition coefficient (Wildman–Crippen LogP) is 4.09. The van der Waals surface area contributed by atoms with Gasteiger partial charge >= 0.3 is 0 Å². The highest BCUT2D eigenvalue weighted by atomic mass is 35.5. The van der Waals surface area contributed by atoms with E-state index in [1.807, 2.05) is 45.0 Å². The molecule has 1 aliphatic rings. The van der Waals surface area contributed by atoms with Crippen molar-refractivity contribution in [3.63, 3.8) is 0 Å². The van der Waals surface area contributed by atoms with E-state index in [0.29, 0.717) is 16.3 Å². The van der Waals surface area contributed by atoms with Crippen molar-refractivity contribution < 1.29 is 9.59 Å². The average molecular weight is 355 g/mol. The lowest BCUT2D eigenvalue weighted by atomic mass is 9.97. The normalized spacial score (nSPS) is 14.5. The van der Waals surface area contributed by atoms with Crippen molar-refractivity contribution in [2.24, 2.45) is 0 Å². The summed E-state index contributed by atoms with van der Waals surface area (Å²) in [6.45, 7) is 5.80. The Morgan fingerprint density at radius 3 is 2.40 bits per heavy atom. The summed E-state index contributed by atoms with van der Waals surface area (Å²) in [7, 11) is 1.49. The van der Waals surface area contributed by atoms with E-state index in [-0.39, 0.29) is 17.5 Å². The largest absolute Gasteiger partial charge is 0.350 e. The van der Waals surface area contributed by atoms with Crippen LogP contribution in [-0.2, 0) is 9.59 Å². The van der Waals surface area contributed by atoms with Crippen LogP contribution in [0.3, 0.4) is 0 Å². The van der Waals surface area contributed by atoms with E-state index in [0.717, 1.165) is 27.2 Å². The lowest BCUT2D eigenvalue weighted by molar-refractivity contribution is -0.135. The number of rotatable bonds is 3. The van der Waals surface area contributed by atoms with E-state index >= 15 is 0 Å². The van der Waals surface area contributed by atoms with Crippen LogP contribution in [0.4, 0.5) is 5.69 Å². The van der Waals surface area contributed by atoms with Gasteiger partial charge in [-0.2, -0.15) is 0 Å². The fourth-order valence-corrected chi connectivity index (χ4v) is 3.15. The van der Waals surface area contributed by atoms with Gasteiger partial charge in [-0.1, -0.05) is 41.4 Å². The molecule has 4 nitrogen and oxygen atoms in total. The second-order valence-corrected chi connectivity index (χ2v) is 6.68. The SMILES string of the molecule is Cc1ccc(C2=C(Nc3cccc(Cl)c3C)C(=O)N(C)C2=O)c(C)c1. The highest BCUT2D eigenvalue weighted by Crippen LogP contribution is 2.33. The van der Waals surface area contributed by atoms with Crippen molar-refractivity contribution in [1.29, 1.82) is 0 Å². The van der Waals surface area contributed by atoms with E-state index in [1.165, 1.54) is 7.05 Å². The van der Waals surface area contributed by atoms with Gasteiger partial charge in [0.15, 0.2) is 0 Å². The van der Waals surface area contributed by atoms with E-state index in [1.54, 1.807) is 12.1 Å². The Balaban J connectivity index is 2.17. The second-order valence-electron chi connectivity index (χ2n) is 6.28. The van der Waals surface area contributed by atoms with Crippen LogP contribution >= 0.6 is 11.6 Å². The fourth-order valence-electron chi connectivity index (χ4n) is 2.98. The first kappa shape index (κ1) is 17.2. The lowest BCUT2D eigenvalue weighted by Crippen LogP contribution is -2.28. The third-order valence-electron chi connectivity index (χ3n) is 4.47. The maximum Gasteiger partial charge on any atom is 0.277 e. The number of carbonyl (C=O) groups excluding carboxylic acids is 2. The van der Waals surface area contributed by atoms with E-state index in [2.05, 4.69) is 5.32 Å². The molecule has 2 aromatic rings. The van der Waals surface area contributed by atoms with Crippen molar-refractivity contribution in [3.05, 3.63) is 69.4 Å². The van der Waals surface area contributed by atoms with Crippen LogP contribution in [0.25, 0.3) is 5.57 Å². The first-order chi connectivity index (χ1) is 11.8. The molecule has 1 N–H and O–H groups in total. The summed E-state index contributed by atoms with van der Waals surface area (Å²) in [5.74, 6) is -0.654. The van der Waals surface area contributed by atoms with E-state index in [4.69, 9.17) is 11.6 Å². The predicted molar refractivity (Wildman–Crippen MR) is 100 cm³/mol. The second kappa shape index (κ2) is 6.37. The van der Waals surface area contributed by atoms with Crippen LogP contribution in [0, 0.1) is 20.8 Å². The first-order valence-corrected chi connectivity index (χ1v) is 8.35. The van der Waals surface area contributed by atoms with Crippen molar-refractivity contribution in [3.8, 4) is 0 Å². The molecule has 0 unspecified atom stereocenters. The molecule has 2 aromatic carbocycles. The van der Waals surface area contributed by atoms with Crippen LogP contribution in [0.2, 0.25) is 5.02 Å². The molecule has 1 aliphatic heterocycles. The van der Waals surface area contributed by atoms with E-state index in [9.17, 15) is 9.59 Å². The number of amides is 2. The van der Waals surface area contributed by atoms with Crippen molar-refractivity contribution in [2.75, 3.05) is 12.4 Å². The summed E-state index contributed by atoms with van der Waals surface area (Å²) in [4.78, 5) is 26.5. The summed E-state index contributed by atoms with van der Waals surface area (Å²) in [6.07, 6.45) is 0. The lowest BCUT2D eigenvalue weighted by Gasteiger charge is -2.13. The Hall–Kier alpha value is -2.59. The number of imide groups is 1. The molecular formula is C20H19ClN2O2. The van der Waals surface area contributed by atoms with Gasteiger partial charge in [-0.05, 0) is 49.6 Å². The minimum atomic E-state index is -0.348. The van der Waals surface area contributed by atoms with E-state index < -0.39 is 0 Å². The van der Waals surface area contributed by atoms with Gasteiger partial charge < -0.3 is 5.32 Å². The number of carbonyl (C=O) groups is 2. The van der Waals surface area contributed by atoms with Gasteiger partial charge in [-0.3, -0.25) is 14.5 Å². The maximum absolute atomic E-state index is 12.7. The number of anilines is 1. The smallest absolute Gasteiger partial charge is 0.277 e. The summed E-state index contributed by atoms with van der Waals surface area (Å²) < 4.78 is 0. The number of likely N-dealkylation sites (N-methyl/N-ethyl adjacent to an activating group) is 1. The number of hydrogen-bond donors (Lipinski definition) is 1. The molecule has 128 valence electrons. The van der Waals surface area contributed by atoms with Crippen molar-refractivity contribution >= 4 is 34.7 Å². The molecule has 5 heteroatoms. The van der Waals surface area contributed by atoms with Crippen LogP contribution in [-0.4, -0.2) is 23.8 Å². The molecule has 25 heavy (non-hydrogen) atoms. The molecule has 0 aromatic heterocycles. The molecule has 3 rings (SSSR count). The molecule has 0 bridgehead atoms. The Bertz CT molecular complexity index is 931. The molecule has 2 amide bonds. The molecule has 0 saturated heterocycles. The van der Waals surface area contributed by atoms with Crippen molar-refractivity contribution in [1.82, 2.24) is 4.90 Å². The quantitative estimate of drug-likeness (QED) is 0.845. The number of nitrogens with zero attached hydrogens (tertiary/aromatic N) is 1. The van der Waals surface area contributed by atoms with Crippen LogP contribution < -0.4 is 5.32 Å². The third kappa shape index (κ3) is 2.94. The maximum atomic E-state index is 12.7. The Kier molecular flexibility index (Phi) is 4.39. The van der Waals surface area contributed by atoms with Gasteiger partial charge in [0, 0.05) is 17.8 Å². The summed E-state index contributed by atoms with van der Waals surface area (Å²) >= 11 is 6.17. The van der Waals surface area contributed by atoms with Crippen LogP contribution in [0.5, 0.6) is 0 Å². The van der Waals surface area contributed by atoms with Gasteiger partial charge in [0.25, 0.3) is 11.8 Å². The fraction of sp³-hybridized carbons (Fsp3) is 0.200. The monoisotopic (exact) mass is 354 g/mol. The number of halogens is 1. The minimum Gasteiger partial charge on any atom is -0.350 e. The molecule has 0 spiro atoms. The highest BCUT2D eigenvalue weighted by molar-refractivity contribution is 6.36. The van der Waals surface area contributed by atoms with Gasteiger partial charge in [0.1, 0.15) is 5.70 Å². The van der Waals surface area contributed by atoms with Crippen LogP contribution in [0.1, 0.15) is 22.3 Å². The zero-order valence-corrected chi connectivity index (χ0v) is 15.4. The summed E-state index contributed by atoms with van der Waals surface area (Å²) in [6, 6.07) is 11.3. The van der Waals surface area contributed by atoms with Gasteiger partial charge in [-0.25, -0.2) is 0 Å². The number of hydrogen-bond acceptors (Lipinski definition) is 3. The molecule has 0 fully saturated rings. The molecular weight excluding hydrogens is 336 g/mol. The van der Waals surface area contributed by atoms with Gasteiger partial charge in [0.05, 0.1) is 5.57 Å². The van der Waals surface area contributed by atoms with Crippen molar-refractivity contribution in [2.45, 2.75) is 20.8 Å². The number of aryl methyl sites for hydroxylation is 2. The van der Waals surface area contributed by atoms with Gasteiger partial charge in [-0.15, -0.1) is 0 Å². The highest BCUT2D eigenvalue weighted by Gasteiger charge is 2.37. The van der Waals surface area contributed by atoms with Gasteiger partial charge in [0.2, 0.25) is 0 Å². The zero-order valence-electron chi connectivity index (χ0n) is 14.6. The standard InChI is InChI=1S/C20H19ClN2O2/c1-11-8-9-14(12(2)10-11)17-18(20(25)23(4)19(17)24)22-16-7-5-6-15(21)13(16)3/h5-10,22H,1-4H3. The number of nitrogens with one attached hydrogen (secondary N) is 1. The average Bonchev–Trinajstić information content (AvgIpc) is 2.77. The van der Waals surface area contributed by atoms with Crippen LogP contribution in [0.15, 0.2) is 42.1 Å². The topological polar surface area (TPSA) is 49.4 Å². The molecule has 0 saturated carbocycles. The zero-order chi connectivity index (χ0) is 18.3. The summed E-state index contributed by atoms with van der Waals surface area (Å²) in [5, 5.41) is 3.73. The Labute approximate surface area is 152 Å². The Morgan fingerprint density at radius 1 is 1.00 bits per heavy atom. The summed E-state index contributed by atoms with van der Waals surface area (Å²) in [5.41, 5.74) is 5.03. The molecule has 0 aliphatic carbocycles. The molecule has 1 heterocycles. The number of benzene rings is 2. The first-order valence-electron chi connectivity index (χ1n) is 7.97. The third-order valence-corrected chi connectivity index (χ3v) is 4.88. The minimum absolute atomic E-state index is 0.282. The molecule has 0 atom stereocenters. The molecule has 0 radical (unpaired) electrons.